The van der Waals surface area contributed by atoms with Crippen molar-refractivity contribution in [1.29, 1.82) is 0 Å². The standard InChI is InChI=1S/C21H21FN2O4/c22-18-8-4-2-6-15(18)12-28-13-16(25)11-24-19(26)21(23-20(24)27)10-9-14-5-1-3-7-17(14)21/h1-8,16,25H,9-13H2,(H,23,27)/t16-,21+/m0/s1. The van der Waals surface area contributed by atoms with Gasteiger partial charge in [0.25, 0.3) is 5.91 Å². The quantitative estimate of drug-likeness (QED) is 0.748. The first-order valence-electron chi connectivity index (χ1n) is 9.23. The van der Waals surface area contributed by atoms with Gasteiger partial charge in [0.2, 0.25) is 0 Å². The van der Waals surface area contributed by atoms with E-state index in [9.17, 15) is 19.1 Å². The second kappa shape index (κ2) is 7.33. The first kappa shape index (κ1) is 18.6. The second-order valence-corrected chi connectivity index (χ2v) is 7.17. The van der Waals surface area contributed by atoms with Gasteiger partial charge in [0.1, 0.15) is 11.4 Å². The van der Waals surface area contributed by atoms with Gasteiger partial charge >= 0.3 is 6.03 Å². The number of halogens is 1. The van der Waals surface area contributed by atoms with E-state index in [-0.39, 0.29) is 31.5 Å². The number of ether oxygens (including phenoxy) is 1. The van der Waals surface area contributed by atoms with Crippen LogP contribution in [-0.4, -0.2) is 41.2 Å². The fourth-order valence-corrected chi connectivity index (χ4v) is 3.94. The van der Waals surface area contributed by atoms with Crippen LogP contribution in [0, 0.1) is 5.82 Å². The van der Waals surface area contributed by atoms with Crippen molar-refractivity contribution in [3.05, 3.63) is 71.0 Å². The van der Waals surface area contributed by atoms with Gasteiger partial charge in [-0.25, -0.2) is 9.18 Å². The third-order valence-corrected chi connectivity index (χ3v) is 5.34. The van der Waals surface area contributed by atoms with Crippen molar-refractivity contribution in [2.75, 3.05) is 13.2 Å². The van der Waals surface area contributed by atoms with Crippen molar-refractivity contribution in [2.24, 2.45) is 0 Å². The number of rotatable bonds is 6. The molecule has 2 atom stereocenters. The highest BCUT2D eigenvalue weighted by atomic mass is 19.1. The number of β-amino-alcohol motifs (C(OH)–C–C–N with tert-alkyl or cyclic N) is 1. The summed E-state index contributed by atoms with van der Waals surface area (Å²) in [5.74, 6) is -0.733. The van der Waals surface area contributed by atoms with E-state index >= 15 is 0 Å². The monoisotopic (exact) mass is 384 g/mol. The van der Waals surface area contributed by atoms with E-state index in [4.69, 9.17) is 4.74 Å². The van der Waals surface area contributed by atoms with E-state index in [2.05, 4.69) is 5.32 Å². The Labute approximate surface area is 161 Å². The van der Waals surface area contributed by atoms with Crippen LogP contribution in [-0.2, 0) is 28.1 Å². The van der Waals surface area contributed by atoms with Crippen molar-refractivity contribution in [3.8, 4) is 0 Å². The van der Waals surface area contributed by atoms with Crippen LogP contribution < -0.4 is 5.32 Å². The van der Waals surface area contributed by atoms with Gasteiger partial charge in [0.05, 0.1) is 25.9 Å². The molecule has 7 heteroatoms. The average molecular weight is 384 g/mol. The summed E-state index contributed by atoms with van der Waals surface area (Å²) < 4.78 is 18.9. The Kier molecular flexibility index (Phi) is 4.87. The topological polar surface area (TPSA) is 78.9 Å². The lowest BCUT2D eigenvalue weighted by Gasteiger charge is -2.23. The number of aliphatic hydroxyl groups excluding tert-OH is 1. The fraction of sp³-hybridized carbons (Fsp3) is 0.333. The lowest BCUT2D eigenvalue weighted by molar-refractivity contribution is -0.133. The van der Waals surface area contributed by atoms with Gasteiger partial charge in [0, 0.05) is 5.56 Å². The molecule has 2 aromatic rings. The third-order valence-electron chi connectivity index (χ3n) is 5.34. The SMILES string of the molecule is O=C1N[C@@]2(CCc3ccccc32)C(=O)N1C[C@H](O)COCc1ccccc1F. The van der Waals surface area contributed by atoms with Crippen molar-refractivity contribution < 1.29 is 23.8 Å². The maximum absolute atomic E-state index is 13.6. The summed E-state index contributed by atoms with van der Waals surface area (Å²) >= 11 is 0. The minimum atomic E-state index is -1.06. The molecule has 3 amide bonds. The highest BCUT2D eigenvalue weighted by Crippen LogP contribution is 2.41. The Morgan fingerprint density at radius 1 is 1.18 bits per heavy atom. The number of aryl methyl sites for hydroxylation is 1. The Hall–Kier alpha value is -2.77. The first-order chi connectivity index (χ1) is 13.5. The molecule has 1 heterocycles. The predicted octanol–water partition coefficient (Wildman–Crippen LogP) is 2.10. The normalized spacial score (nSPS) is 21.9. The summed E-state index contributed by atoms with van der Waals surface area (Å²) in [6, 6.07) is 13.3. The van der Waals surface area contributed by atoms with E-state index in [1.54, 1.807) is 18.2 Å². The maximum atomic E-state index is 13.6. The number of hydrogen-bond donors (Lipinski definition) is 2. The van der Waals surface area contributed by atoms with Gasteiger partial charge in [-0.3, -0.25) is 9.69 Å². The summed E-state index contributed by atoms with van der Waals surface area (Å²) in [6.07, 6.45) is 0.158. The molecule has 0 saturated carbocycles. The molecule has 2 N–H and O–H groups in total. The molecule has 4 rings (SSSR count). The Bertz CT molecular complexity index is 919. The van der Waals surface area contributed by atoms with E-state index in [1.807, 2.05) is 24.3 Å². The zero-order valence-electron chi connectivity index (χ0n) is 15.2. The molecule has 1 fully saturated rings. The lowest BCUT2D eigenvalue weighted by atomic mass is 9.92. The number of urea groups is 1. The van der Waals surface area contributed by atoms with E-state index in [0.29, 0.717) is 18.4 Å². The Morgan fingerprint density at radius 2 is 1.93 bits per heavy atom. The van der Waals surface area contributed by atoms with Gasteiger partial charge in [-0.2, -0.15) is 0 Å². The van der Waals surface area contributed by atoms with Crippen molar-refractivity contribution in [2.45, 2.75) is 31.1 Å². The maximum Gasteiger partial charge on any atom is 0.325 e. The third kappa shape index (κ3) is 3.16. The molecule has 1 aliphatic heterocycles. The fourth-order valence-electron chi connectivity index (χ4n) is 3.94. The van der Waals surface area contributed by atoms with Gasteiger partial charge in [0.15, 0.2) is 0 Å². The van der Waals surface area contributed by atoms with Gasteiger partial charge in [-0.1, -0.05) is 42.5 Å². The van der Waals surface area contributed by atoms with Crippen LogP contribution in [0.1, 0.15) is 23.1 Å². The second-order valence-electron chi connectivity index (χ2n) is 7.17. The molecule has 2 aromatic carbocycles. The molecule has 28 heavy (non-hydrogen) atoms. The average Bonchev–Trinajstić information content (AvgIpc) is 3.17. The van der Waals surface area contributed by atoms with Crippen LogP contribution in [0.15, 0.2) is 48.5 Å². The highest BCUT2D eigenvalue weighted by molar-refractivity contribution is 6.08. The zero-order chi connectivity index (χ0) is 19.7. The molecule has 6 nitrogen and oxygen atoms in total. The van der Waals surface area contributed by atoms with Crippen LogP contribution in [0.4, 0.5) is 9.18 Å². The number of carbonyl (C=O) groups excluding carboxylic acids is 2. The number of nitrogens with one attached hydrogen (secondary N) is 1. The molecular weight excluding hydrogens is 363 g/mol. The number of aliphatic hydroxyl groups is 1. The number of hydrogen-bond acceptors (Lipinski definition) is 4. The number of imide groups is 1. The first-order valence-corrected chi connectivity index (χ1v) is 9.23. The van der Waals surface area contributed by atoms with E-state index in [0.717, 1.165) is 16.0 Å². The van der Waals surface area contributed by atoms with Gasteiger partial charge in [-0.15, -0.1) is 0 Å². The summed E-state index contributed by atoms with van der Waals surface area (Å²) in [5, 5.41) is 13.0. The molecule has 1 saturated heterocycles. The molecule has 0 bridgehead atoms. The van der Waals surface area contributed by atoms with Crippen LogP contribution in [0.25, 0.3) is 0 Å². The Morgan fingerprint density at radius 3 is 2.75 bits per heavy atom. The molecule has 146 valence electrons. The van der Waals surface area contributed by atoms with Gasteiger partial charge < -0.3 is 15.2 Å². The van der Waals surface area contributed by atoms with Crippen molar-refractivity contribution in [3.63, 3.8) is 0 Å². The number of amides is 3. The highest BCUT2D eigenvalue weighted by Gasteiger charge is 2.55. The van der Waals surface area contributed by atoms with E-state index < -0.39 is 17.7 Å². The smallest absolute Gasteiger partial charge is 0.325 e. The lowest BCUT2D eigenvalue weighted by Crippen LogP contribution is -2.43. The summed E-state index contributed by atoms with van der Waals surface area (Å²) in [6.45, 7) is -0.290. The number of nitrogens with zero attached hydrogens (tertiary/aromatic N) is 1. The van der Waals surface area contributed by atoms with Gasteiger partial charge in [-0.05, 0) is 30.0 Å². The summed E-state index contributed by atoms with van der Waals surface area (Å²) in [7, 11) is 0. The molecule has 0 unspecified atom stereocenters. The summed E-state index contributed by atoms with van der Waals surface area (Å²) in [5.41, 5.74) is 1.21. The number of benzene rings is 2. The number of fused-ring (bicyclic) bond motifs is 2. The predicted molar refractivity (Wildman–Crippen MR) is 98.7 cm³/mol. The molecule has 1 spiro atoms. The van der Waals surface area contributed by atoms with Crippen LogP contribution in [0.5, 0.6) is 0 Å². The number of carbonyl (C=O) groups is 2. The van der Waals surface area contributed by atoms with Crippen LogP contribution in [0.3, 0.4) is 0 Å². The minimum absolute atomic E-state index is 0.00118. The molecule has 0 radical (unpaired) electrons. The van der Waals surface area contributed by atoms with E-state index in [1.165, 1.54) is 6.07 Å². The Balaban J connectivity index is 1.38. The zero-order valence-corrected chi connectivity index (χ0v) is 15.2. The molecule has 0 aromatic heterocycles. The van der Waals surface area contributed by atoms with Crippen LogP contribution >= 0.6 is 0 Å². The minimum Gasteiger partial charge on any atom is -0.389 e. The molecule has 2 aliphatic rings. The largest absolute Gasteiger partial charge is 0.389 e. The molecule has 1 aliphatic carbocycles. The molecular formula is C21H21FN2O4. The van der Waals surface area contributed by atoms with Crippen molar-refractivity contribution in [1.82, 2.24) is 10.2 Å². The van der Waals surface area contributed by atoms with Crippen LogP contribution in [0.2, 0.25) is 0 Å². The van der Waals surface area contributed by atoms with Crippen molar-refractivity contribution >= 4 is 11.9 Å². The summed E-state index contributed by atoms with van der Waals surface area (Å²) in [4.78, 5) is 26.5.